The van der Waals surface area contributed by atoms with Gasteiger partial charge in [-0.2, -0.15) is 13.2 Å². The number of hydrogen-bond acceptors (Lipinski definition) is 4. The van der Waals surface area contributed by atoms with Gasteiger partial charge in [0.2, 0.25) is 0 Å². The molecule has 4 aromatic rings. The van der Waals surface area contributed by atoms with Crippen molar-refractivity contribution in [1.29, 1.82) is 0 Å². The fraction of sp³-hybridized carbons (Fsp3) is 0.323. The first-order valence-electron chi connectivity index (χ1n) is 13.4. The molecule has 1 aliphatic rings. The van der Waals surface area contributed by atoms with Gasteiger partial charge in [-0.05, 0) is 73.9 Å². The fourth-order valence-electron chi connectivity index (χ4n) is 5.25. The third-order valence-corrected chi connectivity index (χ3v) is 7.49. The SMILES string of the molecule is C[C@H](OC(=O)[C@H]1CC[C@H](NC(=O)c2ncn3cccc(Cc4ccc(C(F)(F)F)cc4)c23)CC1)c1ccccc1. The van der Waals surface area contributed by atoms with E-state index in [0.29, 0.717) is 43.2 Å². The normalized spacial score (nSPS) is 18.3. The molecule has 40 heavy (non-hydrogen) atoms. The highest BCUT2D eigenvalue weighted by molar-refractivity contribution is 6.00. The molecule has 0 spiro atoms. The van der Waals surface area contributed by atoms with Crippen LogP contribution in [-0.2, 0) is 22.1 Å². The lowest BCUT2D eigenvalue weighted by molar-refractivity contribution is -0.154. The first-order chi connectivity index (χ1) is 19.2. The lowest BCUT2D eigenvalue weighted by atomic mass is 9.86. The van der Waals surface area contributed by atoms with Crippen molar-refractivity contribution < 1.29 is 27.5 Å². The van der Waals surface area contributed by atoms with Crippen molar-refractivity contribution in [2.45, 2.75) is 57.3 Å². The van der Waals surface area contributed by atoms with E-state index in [4.69, 9.17) is 4.74 Å². The molecule has 0 aliphatic heterocycles. The first-order valence-corrected chi connectivity index (χ1v) is 13.4. The minimum absolute atomic E-state index is 0.0954. The number of pyridine rings is 1. The van der Waals surface area contributed by atoms with E-state index in [0.717, 1.165) is 23.3 Å². The van der Waals surface area contributed by atoms with Crippen LogP contribution in [0.3, 0.4) is 0 Å². The number of fused-ring (bicyclic) bond motifs is 1. The standard InChI is InChI=1S/C31H30F3N3O3/c1-20(22-6-3-2-4-7-22)40-30(39)23-11-15-26(16-12-23)36-29(38)27-28-24(8-5-17-37(28)19-35-27)18-21-9-13-25(14-10-21)31(32,33)34/h2-10,13-14,17,19-20,23,26H,11-12,15-16,18H2,1H3,(H,36,38)/t20-,23-,26-/m0/s1. The van der Waals surface area contributed by atoms with Crippen molar-refractivity contribution in [1.82, 2.24) is 14.7 Å². The molecule has 0 saturated heterocycles. The van der Waals surface area contributed by atoms with Gasteiger partial charge in [-0.1, -0.05) is 48.5 Å². The number of carbonyl (C=O) groups excluding carboxylic acids is 2. The monoisotopic (exact) mass is 549 g/mol. The summed E-state index contributed by atoms with van der Waals surface area (Å²) in [7, 11) is 0. The molecular formula is C31H30F3N3O3. The van der Waals surface area contributed by atoms with Crippen LogP contribution >= 0.6 is 0 Å². The largest absolute Gasteiger partial charge is 0.458 e. The number of amides is 1. The van der Waals surface area contributed by atoms with Gasteiger partial charge >= 0.3 is 12.1 Å². The van der Waals surface area contributed by atoms with E-state index in [2.05, 4.69) is 10.3 Å². The molecule has 9 heteroatoms. The van der Waals surface area contributed by atoms with Crippen LogP contribution < -0.4 is 5.32 Å². The average Bonchev–Trinajstić information content (AvgIpc) is 3.39. The second-order valence-corrected chi connectivity index (χ2v) is 10.3. The Morgan fingerprint density at radius 3 is 2.38 bits per heavy atom. The zero-order valence-electron chi connectivity index (χ0n) is 22.0. The molecule has 1 aliphatic carbocycles. The number of alkyl halides is 3. The van der Waals surface area contributed by atoms with Gasteiger partial charge in [-0.15, -0.1) is 0 Å². The molecule has 1 N–H and O–H groups in total. The number of hydrogen-bond donors (Lipinski definition) is 1. The van der Waals surface area contributed by atoms with Gasteiger partial charge < -0.3 is 14.5 Å². The number of rotatable bonds is 7. The number of aromatic nitrogens is 2. The van der Waals surface area contributed by atoms with E-state index in [1.54, 1.807) is 16.9 Å². The van der Waals surface area contributed by atoms with Gasteiger partial charge in [0.05, 0.1) is 17.0 Å². The molecule has 0 unspecified atom stereocenters. The maximum absolute atomic E-state index is 13.3. The summed E-state index contributed by atoms with van der Waals surface area (Å²) in [6, 6.07) is 18.2. The molecule has 0 radical (unpaired) electrons. The highest BCUT2D eigenvalue weighted by Crippen LogP contribution is 2.30. The van der Waals surface area contributed by atoms with Crippen LogP contribution in [0, 0.1) is 5.92 Å². The smallest absolute Gasteiger partial charge is 0.416 e. The van der Waals surface area contributed by atoms with Crippen molar-refractivity contribution in [3.05, 3.63) is 107 Å². The Bertz CT molecular complexity index is 1470. The number of carbonyl (C=O) groups is 2. The van der Waals surface area contributed by atoms with E-state index < -0.39 is 11.7 Å². The van der Waals surface area contributed by atoms with Gasteiger partial charge in [0.25, 0.3) is 5.91 Å². The van der Waals surface area contributed by atoms with Gasteiger partial charge in [0, 0.05) is 12.2 Å². The zero-order valence-corrected chi connectivity index (χ0v) is 22.0. The summed E-state index contributed by atoms with van der Waals surface area (Å²) < 4.78 is 46.3. The Balaban J connectivity index is 1.21. The van der Waals surface area contributed by atoms with Crippen LogP contribution in [0.4, 0.5) is 13.2 Å². The molecule has 1 amide bonds. The topological polar surface area (TPSA) is 72.7 Å². The lowest BCUT2D eigenvalue weighted by Gasteiger charge is -2.28. The molecule has 5 rings (SSSR count). The second kappa shape index (κ2) is 11.5. The van der Waals surface area contributed by atoms with Crippen LogP contribution in [0.5, 0.6) is 0 Å². The first kappa shape index (κ1) is 27.4. The number of ether oxygens (including phenoxy) is 1. The Morgan fingerprint density at radius 2 is 1.70 bits per heavy atom. The quantitative estimate of drug-likeness (QED) is 0.266. The maximum Gasteiger partial charge on any atom is 0.416 e. The average molecular weight is 550 g/mol. The van der Waals surface area contributed by atoms with Crippen LogP contribution in [0.1, 0.15) is 71.5 Å². The Morgan fingerprint density at radius 1 is 1.00 bits per heavy atom. The van der Waals surface area contributed by atoms with Gasteiger partial charge in [0.1, 0.15) is 12.4 Å². The van der Waals surface area contributed by atoms with Crippen LogP contribution in [0.15, 0.2) is 79.3 Å². The molecule has 2 heterocycles. The molecule has 1 saturated carbocycles. The van der Waals surface area contributed by atoms with Crippen molar-refractivity contribution in [2.24, 2.45) is 5.92 Å². The minimum atomic E-state index is -4.39. The van der Waals surface area contributed by atoms with Crippen molar-refractivity contribution >= 4 is 17.4 Å². The van der Waals surface area contributed by atoms with Crippen LogP contribution in [0.25, 0.3) is 5.52 Å². The maximum atomic E-state index is 13.3. The van der Waals surface area contributed by atoms with Crippen LogP contribution in [0.2, 0.25) is 0 Å². The van der Waals surface area contributed by atoms with Crippen molar-refractivity contribution in [2.75, 3.05) is 0 Å². The van der Waals surface area contributed by atoms with E-state index in [1.165, 1.54) is 12.1 Å². The Labute approximate surface area is 230 Å². The third kappa shape index (κ3) is 6.19. The molecular weight excluding hydrogens is 519 g/mol. The molecule has 2 aromatic carbocycles. The number of esters is 1. The van der Waals surface area contributed by atoms with Gasteiger partial charge in [-0.25, -0.2) is 4.98 Å². The Kier molecular flexibility index (Phi) is 7.91. The summed E-state index contributed by atoms with van der Waals surface area (Å²) in [5, 5.41) is 3.06. The predicted octanol–water partition coefficient (Wildman–Crippen LogP) is 6.54. The summed E-state index contributed by atoms with van der Waals surface area (Å²) in [5.74, 6) is -0.733. The van der Waals surface area contributed by atoms with Crippen molar-refractivity contribution in [3.8, 4) is 0 Å². The number of nitrogens with zero attached hydrogens (tertiary/aromatic N) is 2. The summed E-state index contributed by atoms with van der Waals surface area (Å²) in [6.07, 6.45) is 1.51. The number of imidazole rings is 1. The van der Waals surface area contributed by atoms with E-state index in [-0.39, 0.29) is 35.6 Å². The molecule has 2 aromatic heterocycles. The van der Waals surface area contributed by atoms with E-state index >= 15 is 0 Å². The molecule has 1 atom stereocenters. The number of halogens is 3. The Hall–Kier alpha value is -4.14. The lowest BCUT2D eigenvalue weighted by Crippen LogP contribution is -2.39. The van der Waals surface area contributed by atoms with E-state index in [9.17, 15) is 22.8 Å². The third-order valence-electron chi connectivity index (χ3n) is 7.49. The summed E-state index contributed by atoms with van der Waals surface area (Å²) in [4.78, 5) is 30.3. The predicted molar refractivity (Wildman–Crippen MR) is 144 cm³/mol. The minimum Gasteiger partial charge on any atom is -0.458 e. The number of nitrogens with one attached hydrogen (secondary N) is 1. The number of benzene rings is 2. The summed E-state index contributed by atoms with van der Waals surface area (Å²) in [6.45, 7) is 1.86. The van der Waals surface area contributed by atoms with Gasteiger partial charge in [-0.3, -0.25) is 9.59 Å². The highest BCUT2D eigenvalue weighted by atomic mass is 19.4. The second-order valence-electron chi connectivity index (χ2n) is 10.3. The highest BCUT2D eigenvalue weighted by Gasteiger charge is 2.31. The van der Waals surface area contributed by atoms with Crippen molar-refractivity contribution in [3.63, 3.8) is 0 Å². The molecule has 6 nitrogen and oxygen atoms in total. The van der Waals surface area contributed by atoms with Crippen LogP contribution in [-0.4, -0.2) is 27.3 Å². The molecule has 1 fully saturated rings. The van der Waals surface area contributed by atoms with Gasteiger partial charge in [0.15, 0.2) is 5.69 Å². The zero-order chi connectivity index (χ0) is 28.3. The summed E-state index contributed by atoms with van der Waals surface area (Å²) in [5.41, 5.74) is 2.60. The molecule has 208 valence electrons. The molecule has 0 bridgehead atoms. The van der Waals surface area contributed by atoms with E-state index in [1.807, 2.05) is 49.4 Å². The fourth-order valence-corrected chi connectivity index (χ4v) is 5.25. The summed E-state index contributed by atoms with van der Waals surface area (Å²) >= 11 is 0.